The molecule has 0 amide bonds. The smallest absolute Gasteiger partial charge is 0.378 e. The van der Waals surface area contributed by atoms with E-state index >= 15 is 0 Å². The van der Waals surface area contributed by atoms with Crippen LogP contribution < -0.4 is 5.32 Å². The van der Waals surface area contributed by atoms with E-state index in [1.807, 2.05) is 0 Å². The molecule has 0 bridgehead atoms. The van der Waals surface area contributed by atoms with Crippen LogP contribution in [0.15, 0.2) is 24.3 Å². The van der Waals surface area contributed by atoms with E-state index < -0.39 is 11.7 Å². The molecule has 1 aliphatic rings. The maximum atomic E-state index is 12.8. The van der Waals surface area contributed by atoms with E-state index in [9.17, 15) is 13.2 Å². The molecule has 1 aliphatic carbocycles. The lowest BCUT2D eigenvalue weighted by molar-refractivity contribution is -0.137. The van der Waals surface area contributed by atoms with Crippen molar-refractivity contribution in [1.82, 2.24) is 0 Å². The van der Waals surface area contributed by atoms with E-state index in [4.69, 9.17) is 11.6 Å². The van der Waals surface area contributed by atoms with Crippen molar-refractivity contribution in [2.75, 3.05) is 11.2 Å². The number of benzene rings is 1. The number of hydrogen-bond acceptors (Lipinski definition) is 1. The zero-order chi connectivity index (χ0) is 12.5. The zero-order valence-electron chi connectivity index (χ0n) is 9.15. The van der Waals surface area contributed by atoms with Gasteiger partial charge in [0.15, 0.2) is 0 Å². The van der Waals surface area contributed by atoms with Crippen LogP contribution in [0.3, 0.4) is 0 Å². The Morgan fingerprint density at radius 2 is 1.88 bits per heavy atom. The zero-order valence-corrected chi connectivity index (χ0v) is 9.91. The number of alkyl halides is 4. The fourth-order valence-corrected chi connectivity index (χ4v) is 2.35. The van der Waals surface area contributed by atoms with Gasteiger partial charge < -0.3 is 5.32 Å². The maximum absolute atomic E-state index is 12.8. The lowest BCUT2D eigenvalue weighted by atomic mass is 9.78. The second kappa shape index (κ2) is 4.41. The summed E-state index contributed by atoms with van der Waals surface area (Å²) in [4.78, 5) is 0. The second-order valence-electron chi connectivity index (χ2n) is 4.44. The molecule has 0 aliphatic heterocycles. The average molecular weight is 264 g/mol. The molecule has 1 N–H and O–H groups in total. The molecule has 0 heterocycles. The third-order valence-corrected chi connectivity index (χ3v) is 3.71. The van der Waals surface area contributed by atoms with Gasteiger partial charge in [0.1, 0.15) is 0 Å². The van der Waals surface area contributed by atoms with Gasteiger partial charge in [0.25, 0.3) is 0 Å². The Morgan fingerprint density at radius 3 is 2.35 bits per heavy atom. The minimum absolute atomic E-state index is 0.125. The van der Waals surface area contributed by atoms with Crippen molar-refractivity contribution in [2.45, 2.75) is 31.0 Å². The number of anilines is 1. The van der Waals surface area contributed by atoms with Crippen LogP contribution in [0.5, 0.6) is 0 Å². The molecule has 0 spiro atoms. The van der Waals surface area contributed by atoms with Crippen molar-refractivity contribution in [3.8, 4) is 0 Å². The molecule has 94 valence electrons. The van der Waals surface area contributed by atoms with E-state index in [2.05, 4.69) is 5.32 Å². The highest BCUT2D eigenvalue weighted by molar-refractivity contribution is 6.19. The van der Waals surface area contributed by atoms with Crippen molar-refractivity contribution in [2.24, 2.45) is 0 Å². The normalized spacial score (nSPS) is 18.6. The molecule has 0 radical (unpaired) electrons. The summed E-state index contributed by atoms with van der Waals surface area (Å²) in [5, 5.41) is 2.96. The van der Waals surface area contributed by atoms with Gasteiger partial charge in [-0.25, -0.2) is 0 Å². The van der Waals surface area contributed by atoms with Gasteiger partial charge in [-0.1, -0.05) is 12.1 Å². The summed E-state index contributed by atoms with van der Waals surface area (Å²) in [6.45, 7) is 0. The van der Waals surface area contributed by atoms with Crippen molar-refractivity contribution < 1.29 is 13.2 Å². The Bertz CT molecular complexity index is 393. The van der Waals surface area contributed by atoms with Gasteiger partial charge in [0, 0.05) is 11.6 Å². The quantitative estimate of drug-likeness (QED) is 0.803. The Kier molecular flexibility index (Phi) is 3.25. The lowest BCUT2D eigenvalue weighted by Crippen LogP contribution is -2.47. The van der Waals surface area contributed by atoms with E-state index in [1.54, 1.807) is 6.07 Å². The minimum Gasteiger partial charge on any atom is -0.378 e. The van der Waals surface area contributed by atoms with Crippen molar-refractivity contribution >= 4 is 17.3 Å². The first-order chi connectivity index (χ1) is 7.97. The van der Waals surface area contributed by atoms with E-state index in [0.29, 0.717) is 5.88 Å². The summed E-state index contributed by atoms with van der Waals surface area (Å²) in [5.41, 5.74) is -0.861. The SMILES string of the molecule is FC(F)(F)c1ccccc1NC1(CCl)CCC1. The molecule has 0 unspecified atom stereocenters. The summed E-state index contributed by atoms with van der Waals surface area (Å²) < 4.78 is 38.3. The van der Waals surface area contributed by atoms with E-state index in [-0.39, 0.29) is 11.2 Å². The highest BCUT2D eigenvalue weighted by Gasteiger charge is 2.39. The number of hydrogen-bond donors (Lipinski definition) is 1. The molecular weight excluding hydrogens is 251 g/mol. The largest absolute Gasteiger partial charge is 0.418 e. The molecule has 0 atom stereocenters. The van der Waals surface area contributed by atoms with Crippen molar-refractivity contribution in [3.05, 3.63) is 29.8 Å². The van der Waals surface area contributed by atoms with Gasteiger partial charge in [-0.15, -0.1) is 11.6 Å². The topological polar surface area (TPSA) is 12.0 Å². The van der Waals surface area contributed by atoms with Crippen LogP contribution in [0.2, 0.25) is 0 Å². The Labute approximate surface area is 103 Å². The Morgan fingerprint density at radius 1 is 1.24 bits per heavy atom. The molecule has 2 rings (SSSR count). The predicted molar refractivity (Wildman–Crippen MR) is 62.4 cm³/mol. The van der Waals surface area contributed by atoms with Gasteiger partial charge in [-0.2, -0.15) is 13.2 Å². The minimum atomic E-state index is -4.33. The second-order valence-corrected chi connectivity index (χ2v) is 4.70. The first-order valence-electron chi connectivity index (χ1n) is 5.47. The van der Waals surface area contributed by atoms with Crippen LogP contribution >= 0.6 is 11.6 Å². The molecular formula is C12H13ClF3N. The Balaban J connectivity index is 2.27. The van der Waals surface area contributed by atoms with Crippen LogP contribution in [0.1, 0.15) is 24.8 Å². The van der Waals surface area contributed by atoms with Gasteiger partial charge in [0.2, 0.25) is 0 Å². The van der Waals surface area contributed by atoms with E-state index in [0.717, 1.165) is 25.3 Å². The van der Waals surface area contributed by atoms with Crippen molar-refractivity contribution in [1.29, 1.82) is 0 Å². The van der Waals surface area contributed by atoms with Gasteiger partial charge in [-0.05, 0) is 31.4 Å². The third kappa shape index (κ3) is 2.51. The number of nitrogens with one attached hydrogen (secondary N) is 1. The van der Waals surface area contributed by atoms with Gasteiger partial charge in [0.05, 0.1) is 11.1 Å². The summed E-state index contributed by atoms with van der Waals surface area (Å²) in [6, 6.07) is 5.53. The average Bonchev–Trinajstić information content (AvgIpc) is 2.23. The van der Waals surface area contributed by atoms with Crippen LogP contribution in [-0.2, 0) is 6.18 Å². The molecule has 1 nitrogen and oxygen atoms in total. The predicted octanol–water partition coefficient (Wildman–Crippen LogP) is 4.28. The lowest BCUT2D eigenvalue weighted by Gasteiger charge is -2.42. The molecule has 1 aromatic rings. The number of halogens is 4. The Hall–Kier alpha value is -0.900. The van der Waals surface area contributed by atoms with Gasteiger partial charge in [-0.3, -0.25) is 0 Å². The van der Waals surface area contributed by atoms with Crippen LogP contribution in [0, 0.1) is 0 Å². The number of rotatable bonds is 3. The van der Waals surface area contributed by atoms with Crippen LogP contribution in [0.25, 0.3) is 0 Å². The van der Waals surface area contributed by atoms with Crippen LogP contribution in [0.4, 0.5) is 18.9 Å². The molecule has 17 heavy (non-hydrogen) atoms. The molecule has 0 saturated heterocycles. The highest BCUT2D eigenvalue weighted by atomic mass is 35.5. The highest BCUT2D eigenvalue weighted by Crippen LogP contribution is 2.40. The summed E-state index contributed by atoms with van der Waals surface area (Å²) >= 11 is 5.83. The summed E-state index contributed by atoms with van der Waals surface area (Å²) in [5.74, 6) is 0.333. The van der Waals surface area contributed by atoms with Crippen molar-refractivity contribution in [3.63, 3.8) is 0 Å². The molecule has 1 aromatic carbocycles. The maximum Gasteiger partial charge on any atom is 0.418 e. The first kappa shape index (κ1) is 12.6. The fourth-order valence-electron chi connectivity index (χ4n) is 2.02. The fraction of sp³-hybridized carbons (Fsp3) is 0.500. The van der Waals surface area contributed by atoms with E-state index in [1.165, 1.54) is 12.1 Å². The van der Waals surface area contributed by atoms with Gasteiger partial charge >= 0.3 is 6.18 Å². The van der Waals surface area contributed by atoms with Crippen LogP contribution in [-0.4, -0.2) is 11.4 Å². The first-order valence-corrected chi connectivity index (χ1v) is 6.01. The third-order valence-electron chi connectivity index (χ3n) is 3.20. The molecule has 1 fully saturated rings. The standard InChI is InChI=1S/C12H13ClF3N/c13-8-11(6-3-7-11)17-10-5-2-1-4-9(10)12(14,15)16/h1-2,4-5,17H,3,6-8H2. The molecule has 1 saturated carbocycles. The summed E-state index contributed by atoms with van der Waals surface area (Å²) in [6.07, 6.45) is -1.68. The summed E-state index contributed by atoms with van der Waals surface area (Å²) in [7, 11) is 0. The molecule has 0 aromatic heterocycles. The number of para-hydroxylation sites is 1. The monoisotopic (exact) mass is 263 g/mol. The molecule has 5 heteroatoms.